The summed E-state index contributed by atoms with van der Waals surface area (Å²) >= 11 is 0. The number of aryl methyl sites for hydroxylation is 1. The van der Waals surface area contributed by atoms with Gasteiger partial charge >= 0.3 is 12.4 Å². The summed E-state index contributed by atoms with van der Waals surface area (Å²) in [5.41, 5.74) is -0.580. The third-order valence-electron chi connectivity index (χ3n) is 9.07. The highest BCUT2D eigenvalue weighted by Crippen LogP contribution is 2.37. The monoisotopic (exact) mass is 780 g/mol. The fourth-order valence-corrected chi connectivity index (χ4v) is 6.56. The van der Waals surface area contributed by atoms with Crippen molar-refractivity contribution >= 4 is 48.8 Å². The Morgan fingerprint density at radius 2 is 1.44 bits per heavy atom. The number of morpholine rings is 2. The van der Waals surface area contributed by atoms with E-state index in [1.165, 1.54) is 4.90 Å². The number of rotatable bonds is 9. The number of piperazine rings is 1. The number of carbonyl (C=O) groups is 1. The van der Waals surface area contributed by atoms with Gasteiger partial charge in [0.2, 0.25) is 0 Å². The quantitative estimate of drug-likeness (QED) is 0.296. The Morgan fingerprint density at radius 3 is 2.04 bits per heavy atom. The van der Waals surface area contributed by atoms with Crippen LogP contribution >= 0.6 is 37.2 Å². The van der Waals surface area contributed by atoms with Crippen LogP contribution in [0.4, 0.5) is 32.0 Å². The largest absolute Gasteiger partial charge is 0.416 e. The Hall–Kier alpha value is -2.04. The number of benzene rings is 2. The van der Waals surface area contributed by atoms with Crippen LogP contribution in [-0.2, 0) is 33.0 Å². The molecule has 8 nitrogen and oxygen atoms in total. The summed E-state index contributed by atoms with van der Waals surface area (Å²) in [5.74, 6) is -0.845. The number of anilines is 1. The van der Waals surface area contributed by atoms with Crippen LogP contribution < -0.4 is 4.90 Å². The maximum absolute atomic E-state index is 13.9. The Bertz CT molecular complexity index is 1350. The molecular weight excluding hydrogens is 737 g/mol. The van der Waals surface area contributed by atoms with Crippen LogP contribution in [0.15, 0.2) is 36.4 Å². The zero-order valence-corrected chi connectivity index (χ0v) is 30.4. The zero-order valence-electron chi connectivity index (χ0n) is 27.9. The van der Waals surface area contributed by atoms with Crippen molar-refractivity contribution in [3.05, 3.63) is 64.2 Å². The summed E-state index contributed by atoms with van der Waals surface area (Å²) in [4.78, 5) is 22.0. The third-order valence-corrected chi connectivity index (χ3v) is 9.07. The maximum Gasteiger partial charge on any atom is 0.416 e. The molecule has 2 aromatic carbocycles. The first-order chi connectivity index (χ1) is 22.3. The van der Waals surface area contributed by atoms with Crippen molar-refractivity contribution < 1.29 is 45.3 Å². The molecule has 3 aliphatic heterocycles. The number of hydrogen-bond donors (Lipinski definition) is 0. The van der Waals surface area contributed by atoms with E-state index in [1.54, 1.807) is 7.11 Å². The summed E-state index contributed by atoms with van der Waals surface area (Å²) in [6.07, 6.45) is -9.73. The molecule has 3 saturated heterocycles. The normalized spacial score (nSPS) is 20.8. The summed E-state index contributed by atoms with van der Waals surface area (Å²) in [6, 6.07) is 6.66. The van der Waals surface area contributed by atoms with Crippen molar-refractivity contribution in [3.8, 4) is 0 Å². The minimum absolute atomic E-state index is 0. The standard InChI is InChI=1S/C33H42F6N4O4.3ClH/c1-23-3-4-24(16-30(23)42-10-12-46-13-11-42)15-28-20-40(5-6-41-9-14-47-29(21-41)22-45-2)7-8-43(28)31(44)25-17-26(32(34,35)36)19-27(18-25)33(37,38)39;;;/h3-4,16-19,28-29H,5-15,20-22H2,1-2H3;3*1H/t28-,29+;;;/m1.../s1. The lowest BCUT2D eigenvalue weighted by Crippen LogP contribution is -2.57. The average molecular weight is 782 g/mol. The Morgan fingerprint density at radius 1 is 0.820 bits per heavy atom. The van der Waals surface area contributed by atoms with Crippen molar-refractivity contribution in [1.29, 1.82) is 0 Å². The first-order valence-corrected chi connectivity index (χ1v) is 15.9. The number of nitrogens with zero attached hydrogens (tertiary/aromatic N) is 4. The molecule has 3 fully saturated rings. The van der Waals surface area contributed by atoms with Crippen LogP contribution in [0, 0.1) is 6.92 Å². The molecule has 0 spiro atoms. The van der Waals surface area contributed by atoms with Crippen molar-refractivity contribution in [2.45, 2.75) is 37.8 Å². The van der Waals surface area contributed by atoms with E-state index >= 15 is 0 Å². The number of halogens is 9. The molecule has 0 unspecified atom stereocenters. The first-order valence-electron chi connectivity index (χ1n) is 15.9. The molecule has 2 aromatic rings. The minimum Gasteiger partial charge on any atom is -0.382 e. The lowest BCUT2D eigenvalue weighted by atomic mass is 9.97. The van der Waals surface area contributed by atoms with Crippen LogP contribution in [0.25, 0.3) is 0 Å². The summed E-state index contributed by atoms with van der Waals surface area (Å²) in [6.45, 7) is 9.73. The van der Waals surface area contributed by atoms with Crippen molar-refractivity contribution in [2.24, 2.45) is 0 Å². The fraction of sp³-hybridized carbons (Fsp3) is 0.606. The zero-order chi connectivity index (χ0) is 33.8. The predicted octanol–water partition coefficient (Wildman–Crippen LogP) is 5.85. The number of ether oxygens (including phenoxy) is 3. The number of amides is 1. The molecule has 284 valence electrons. The van der Waals surface area contributed by atoms with Gasteiger partial charge in [0.15, 0.2) is 0 Å². The van der Waals surface area contributed by atoms with Gasteiger partial charge in [-0.1, -0.05) is 12.1 Å². The van der Waals surface area contributed by atoms with Gasteiger partial charge in [-0.2, -0.15) is 26.3 Å². The lowest BCUT2D eigenvalue weighted by molar-refractivity contribution is -0.143. The van der Waals surface area contributed by atoms with Crippen LogP contribution in [-0.4, -0.2) is 125 Å². The topological polar surface area (TPSA) is 57.7 Å². The number of alkyl halides is 6. The van der Waals surface area contributed by atoms with Gasteiger partial charge in [-0.05, 0) is 48.7 Å². The number of methoxy groups -OCH3 is 1. The molecule has 0 aromatic heterocycles. The SMILES string of the molecule is COC[C@@H]1CN(CCN2CCN(C(=O)c3cc(C(F)(F)F)cc(C(F)(F)F)c3)[C@H](Cc3ccc(C)c(N4CCOCC4)c3)C2)CCO1.Cl.Cl.Cl. The van der Waals surface area contributed by atoms with Crippen molar-refractivity contribution in [2.75, 3.05) is 97.3 Å². The van der Waals surface area contributed by atoms with Gasteiger partial charge < -0.3 is 24.0 Å². The predicted molar refractivity (Wildman–Crippen MR) is 185 cm³/mol. The molecule has 3 aliphatic rings. The second-order valence-electron chi connectivity index (χ2n) is 12.4. The highest BCUT2D eigenvalue weighted by molar-refractivity contribution is 5.95. The van der Waals surface area contributed by atoms with E-state index in [4.69, 9.17) is 14.2 Å². The summed E-state index contributed by atoms with van der Waals surface area (Å²) in [7, 11) is 1.63. The molecule has 3 heterocycles. The third kappa shape index (κ3) is 11.5. The molecule has 0 bridgehead atoms. The molecule has 50 heavy (non-hydrogen) atoms. The van der Waals surface area contributed by atoms with Gasteiger partial charge in [0.25, 0.3) is 5.91 Å². The molecule has 1 amide bonds. The maximum atomic E-state index is 13.9. The van der Waals surface area contributed by atoms with Crippen LogP contribution in [0.2, 0.25) is 0 Å². The van der Waals surface area contributed by atoms with E-state index in [0.717, 1.165) is 49.5 Å². The second-order valence-corrected chi connectivity index (χ2v) is 12.4. The molecule has 17 heteroatoms. The fourth-order valence-electron chi connectivity index (χ4n) is 6.56. The van der Waals surface area contributed by atoms with E-state index < -0.39 is 41.0 Å². The van der Waals surface area contributed by atoms with E-state index in [-0.39, 0.29) is 55.9 Å². The first kappa shape index (κ1) is 44.1. The molecule has 0 saturated carbocycles. The lowest BCUT2D eigenvalue weighted by Gasteiger charge is -2.43. The van der Waals surface area contributed by atoms with Crippen molar-refractivity contribution in [1.82, 2.24) is 14.7 Å². The number of hydrogen-bond acceptors (Lipinski definition) is 7. The van der Waals surface area contributed by atoms with Gasteiger partial charge in [-0.15, -0.1) is 37.2 Å². The van der Waals surface area contributed by atoms with Crippen LogP contribution in [0.1, 0.15) is 32.6 Å². The van der Waals surface area contributed by atoms with E-state index in [1.807, 2.05) is 19.1 Å². The van der Waals surface area contributed by atoms with Gasteiger partial charge in [-0.3, -0.25) is 14.6 Å². The van der Waals surface area contributed by atoms with E-state index in [2.05, 4.69) is 20.8 Å². The second kappa shape index (κ2) is 19.2. The molecule has 0 N–H and O–H groups in total. The molecule has 2 atom stereocenters. The van der Waals surface area contributed by atoms with Gasteiger partial charge in [-0.25, -0.2) is 0 Å². The molecule has 0 radical (unpaired) electrons. The number of carbonyl (C=O) groups excluding carboxylic acids is 1. The molecule has 5 rings (SSSR count). The average Bonchev–Trinajstić information content (AvgIpc) is 3.04. The molecular formula is C33H45Cl3F6N4O4. The van der Waals surface area contributed by atoms with Gasteiger partial charge in [0.1, 0.15) is 0 Å². The van der Waals surface area contributed by atoms with Crippen molar-refractivity contribution in [3.63, 3.8) is 0 Å². The summed E-state index contributed by atoms with van der Waals surface area (Å²) < 4.78 is 98.4. The smallest absolute Gasteiger partial charge is 0.382 e. The van der Waals surface area contributed by atoms with Crippen LogP contribution in [0.3, 0.4) is 0 Å². The molecule has 0 aliphatic carbocycles. The Kier molecular flexibility index (Phi) is 16.9. The van der Waals surface area contributed by atoms with E-state index in [9.17, 15) is 31.1 Å². The minimum atomic E-state index is -5.05. The van der Waals surface area contributed by atoms with Crippen LogP contribution in [0.5, 0.6) is 0 Å². The Balaban J connectivity index is 0.00000289. The Labute approximate surface area is 307 Å². The van der Waals surface area contributed by atoms with Gasteiger partial charge in [0.05, 0.1) is 43.7 Å². The van der Waals surface area contributed by atoms with E-state index in [0.29, 0.717) is 64.6 Å². The van der Waals surface area contributed by atoms with Gasteiger partial charge in [0, 0.05) is 83.3 Å². The highest BCUT2D eigenvalue weighted by atomic mass is 35.5. The highest BCUT2D eigenvalue weighted by Gasteiger charge is 2.39. The summed E-state index contributed by atoms with van der Waals surface area (Å²) in [5, 5.41) is 0.